The SMILES string of the molecule is CC(c1cccs1)N(C)C1CCCC1C#N. The van der Waals surface area contributed by atoms with Gasteiger partial charge in [-0.1, -0.05) is 12.5 Å². The molecule has 0 amide bonds. The molecule has 1 aliphatic rings. The van der Waals surface area contributed by atoms with E-state index in [-0.39, 0.29) is 5.92 Å². The molecule has 1 aliphatic carbocycles. The van der Waals surface area contributed by atoms with Gasteiger partial charge in [-0.05, 0) is 38.3 Å². The minimum atomic E-state index is 0.229. The van der Waals surface area contributed by atoms with Gasteiger partial charge in [0.1, 0.15) is 0 Å². The minimum Gasteiger partial charge on any atom is -0.295 e. The Morgan fingerprint density at radius 2 is 2.38 bits per heavy atom. The molecule has 1 saturated carbocycles. The van der Waals surface area contributed by atoms with Crippen molar-refractivity contribution in [3.8, 4) is 6.07 Å². The summed E-state index contributed by atoms with van der Waals surface area (Å²) in [6.45, 7) is 2.23. The van der Waals surface area contributed by atoms with E-state index in [0.717, 1.165) is 6.42 Å². The average molecular weight is 234 g/mol. The fraction of sp³-hybridized carbons (Fsp3) is 0.615. The lowest BCUT2D eigenvalue weighted by atomic mass is 10.0. The van der Waals surface area contributed by atoms with E-state index < -0.39 is 0 Å². The van der Waals surface area contributed by atoms with Gasteiger partial charge >= 0.3 is 0 Å². The van der Waals surface area contributed by atoms with Crippen LogP contribution in [0.4, 0.5) is 0 Å². The molecule has 1 fully saturated rings. The molecular weight excluding hydrogens is 216 g/mol. The second-order valence-electron chi connectivity index (χ2n) is 4.59. The van der Waals surface area contributed by atoms with Crippen molar-refractivity contribution in [3.05, 3.63) is 22.4 Å². The minimum absolute atomic E-state index is 0.229. The number of hydrogen-bond acceptors (Lipinski definition) is 3. The van der Waals surface area contributed by atoms with Crippen molar-refractivity contribution < 1.29 is 0 Å². The van der Waals surface area contributed by atoms with Gasteiger partial charge in [0.15, 0.2) is 0 Å². The van der Waals surface area contributed by atoms with E-state index in [9.17, 15) is 0 Å². The van der Waals surface area contributed by atoms with E-state index in [1.807, 2.05) is 0 Å². The Balaban J connectivity index is 2.07. The highest BCUT2D eigenvalue weighted by Gasteiger charge is 2.32. The van der Waals surface area contributed by atoms with Gasteiger partial charge < -0.3 is 0 Å². The quantitative estimate of drug-likeness (QED) is 0.801. The predicted molar refractivity (Wildman–Crippen MR) is 67.2 cm³/mol. The number of rotatable bonds is 3. The third kappa shape index (κ3) is 2.14. The smallest absolute Gasteiger partial charge is 0.0672 e. The van der Waals surface area contributed by atoms with Crippen molar-refractivity contribution in [1.29, 1.82) is 5.26 Å². The zero-order chi connectivity index (χ0) is 11.5. The molecule has 0 aliphatic heterocycles. The van der Waals surface area contributed by atoms with Crippen LogP contribution in [0.3, 0.4) is 0 Å². The normalized spacial score (nSPS) is 26.9. The summed E-state index contributed by atoms with van der Waals surface area (Å²) in [6, 6.07) is 7.61. The van der Waals surface area contributed by atoms with Crippen LogP contribution in [0.25, 0.3) is 0 Å². The second-order valence-corrected chi connectivity index (χ2v) is 5.57. The molecule has 2 nitrogen and oxygen atoms in total. The first-order valence-corrected chi connectivity index (χ1v) is 6.77. The zero-order valence-electron chi connectivity index (χ0n) is 9.89. The lowest BCUT2D eigenvalue weighted by molar-refractivity contribution is 0.169. The molecule has 3 heteroatoms. The molecule has 3 atom stereocenters. The first-order chi connectivity index (χ1) is 7.74. The molecule has 1 aromatic rings. The highest BCUT2D eigenvalue weighted by Crippen LogP contribution is 2.34. The van der Waals surface area contributed by atoms with E-state index in [4.69, 9.17) is 5.26 Å². The molecule has 1 heterocycles. The molecule has 3 unspecified atom stereocenters. The molecule has 16 heavy (non-hydrogen) atoms. The Hall–Kier alpha value is -0.850. The summed E-state index contributed by atoms with van der Waals surface area (Å²) in [5.41, 5.74) is 0. The Morgan fingerprint density at radius 3 is 3.00 bits per heavy atom. The van der Waals surface area contributed by atoms with Crippen molar-refractivity contribution in [2.75, 3.05) is 7.05 Å². The van der Waals surface area contributed by atoms with Gasteiger partial charge in [0.2, 0.25) is 0 Å². The van der Waals surface area contributed by atoms with Crippen LogP contribution in [0, 0.1) is 17.2 Å². The van der Waals surface area contributed by atoms with Gasteiger partial charge in [-0.3, -0.25) is 4.90 Å². The van der Waals surface area contributed by atoms with Crippen molar-refractivity contribution >= 4 is 11.3 Å². The van der Waals surface area contributed by atoms with Gasteiger partial charge in [0, 0.05) is 17.0 Å². The number of nitriles is 1. The molecule has 0 saturated heterocycles. The number of thiophene rings is 1. The molecule has 2 rings (SSSR count). The molecule has 86 valence electrons. The maximum Gasteiger partial charge on any atom is 0.0672 e. The van der Waals surface area contributed by atoms with Crippen molar-refractivity contribution in [2.45, 2.75) is 38.3 Å². The number of nitrogens with zero attached hydrogens (tertiary/aromatic N) is 2. The Bertz CT molecular complexity index is 366. The summed E-state index contributed by atoms with van der Waals surface area (Å²) in [7, 11) is 2.16. The second kappa shape index (κ2) is 4.99. The standard InChI is InChI=1S/C13H18N2S/c1-10(13-7-4-8-16-13)15(2)12-6-3-5-11(12)9-14/h4,7-8,10-12H,3,5-6H2,1-2H3. The maximum absolute atomic E-state index is 9.12. The fourth-order valence-electron chi connectivity index (χ4n) is 2.60. The highest BCUT2D eigenvalue weighted by molar-refractivity contribution is 7.10. The lowest BCUT2D eigenvalue weighted by Crippen LogP contribution is -2.35. The van der Waals surface area contributed by atoms with Crippen LogP contribution in [0.2, 0.25) is 0 Å². The first kappa shape index (κ1) is 11.6. The highest BCUT2D eigenvalue weighted by atomic mass is 32.1. The van der Waals surface area contributed by atoms with E-state index in [1.54, 1.807) is 11.3 Å². The van der Waals surface area contributed by atoms with Crippen molar-refractivity contribution in [2.24, 2.45) is 5.92 Å². The van der Waals surface area contributed by atoms with Gasteiger partial charge in [-0.15, -0.1) is 11.3 Å². The molecular formula is C13H18N2S. The summed E-state index contributed by atoms with van der Waals surface area (Å²) in [5.74, 6) is 0.229. The van der Waals surface area contributed by atoms with Crippen LogP contribution in [0.1, 0.15) is 37.1 Å². The molecule has 0 N–H and O–H groups in total. The maximum atomic E-state index is 9.12. The Labute approximate surface area is 102 Å². The fourth-order valence-corrected chi connectivity index (χ4v) is 3.43. The zero-order valence-corrected chi connectivity index (χ0v) is 10.7. The topological polar surface area (TPSA) is 27.0 Å². The number of hydrogen-bond donors (Lipinski definition) is 0. The monoisotopic (exact) mass is 234 g/mol. The van der Waals surface area contributed by atoms with Crippen LogP contribution >= 0.6 is 11.3 Å². The third-order valence-corrected chi connectivity index (χ3v) is 4.78. The Morgan fingerprint density at radius 1 is 1.56 bits per heavy atom. The molecule has 0 aromatic carbocycles. The summed E-state index contributed by atoms with van der Waals surface area (Å²) in [5, 5.41) is 11.2. The van der Waals surface area contributed by atoms with Gasteiger partial charge in [0.25, 0.3) is 0 Å². The van der Waals surface area contributed by atoms with Crippen molar-refractivity contribution in [3.63, 3.8) is 0 Å². The van der Waals surface area contributed by atoms with Crippen LogP contribution in [0.15, 0.2) is 17.5 Å². The van der Waals surface area contributed by atoms with Gasteiger partial charge in [-0.25, -0.2) is 0 Å². The molecule has 0 radical (unpaired) electrons. The third-order valence-electron chi connectivity index (χ3n) is 3.73. The molecule has 0 spiro atoms. The Kier molecular flexibility index (Phi) is 3.63. The predicted octanol–water partition coefficient (Wildman–Crippen LogP) is 3.43. The van der Waals surface area contributed by atoms with E-state index in [0.29, 0.717) is 12.1 Å². The molecule has 1 aromatic heterocycles. The van der Waals surface area contributed by atoms with Crippen LogP contribution in [-0.2, 0) is 0 Å². The first-order valence-electron chi connectivity index (χ1n) is 5.89. The summed E-state index contributed by atoms with van der Waals surface area (Å²) < 4.78 is 0. The van der Waals surface area contributed by atoms with Crippen LogP contribution in [0.5, 0.6) is 0 Å². The van der Waals surface area contributed by atoms with Crippen molar-refractivity contribution in [1.82, 2.24) is 4.90 Å². The summed E-state index contributed by atoms with van der Waals surface area (Å²) in [6.07, 6.45) is 3.44. The van der Waals surface area contributed by atoms with E-state index in [1.165, 1.54) is 17.7 Å². The summed E-state index contributed by atoms with van der Waals surface area (Å²) in [4.78, 5) is 3.78. The van der Waals surface area contributed by atoms with E-state index >= 15 is 0 Å². The summed E-state index contributed by atoms with van der Waals surface area (Å²) >= 11 is 1.80. The van der Waals surface area contributed by atoms with Gasteiger partial charge in [0.05, 0.1) is 12.0 Å². The van der Waals surface area contributed by atoms with Crippen LogP contribution in [-0.4, -0.2) is 18.0 Å². The lowest BCUT2D eigenvalue weighted by Gasteiger charge is -2.31. The average Bonchev–Trinajstić information content (AvgIpc) is 2.97. The van der Waals surface area contributed by atoms with Crippen LogP contribution < -0.4 is 0 Å². The van der Waals surface area contributed by atoms with Gasteiger partial charge in [-0.2, -0.15) is 5.26 Å². The molecule has 0 bridgehead atoms. The largest absolute Gasteiger partial charge is 0.295 e. The van der Waals surface area contributed by atoms with E-state index in [2.05, 4.69) is 42.5 Å².